The quantitative estimate of drug-likeness (QED) is 0.301. The van der Waals surface area contributed by atoms with Gasteiger partial charge in [-0.3, -0.25) is 0 Å². The summed E-state index contributed by atoms with van der Waals surface area (Å²) in [5.41, 5.74) is 0. The van der Waals surface area contributed by atoms with Crippen molar-refractivity contribution < 1.29 is 50.2 Å². The summed E-state index contributed by atoms with van der Waals surface area (Å²) in [4.78, 5) is 21.6. The molecule has 0 heterocycles. The van der Waals surface area contributed by atoms with Gasteiger partial charge in [0.25, 0.3) is 0 Å². The second-order valence-electron chi connectivity index (χ2n) is 0.513. The fourth-order valence-corrected chi connectivity index (χ4v) is 0. The Morgan fingerprint density at radius 1 is 1.29 bits per heavy atom. The number of rotatable bonds is 0. The first kappa shape index (κ1) is 16.0. The van der Waals surface area contributed by atoms with E-state index >= 15 is 0 Å². The molecule has 7 heteroatoms. The Bertz CT molecular complexity index is 62.2. The van der Waals surface area contributed by atoms with Crippen LogP contribution in [0.25, 0.3) is 0 Å². The zero-order valence-electron chi connectivity index (χ0n) is 4.61. The van der Waals surface area contributed by atoms with Crippen molar-refractivity contribution in [3.8, 4) is 0 Å². The van der Waals surface area contributed by atoms with Crippen LogP contribution in [0.3, 0.4) is 0 Å². The molecule has 3 N–H and O–H groups in total. The van der Waals surface area contributed by atoms with E-state index in [-0.39, 0.29) is 54.7 Å². The molecule has 0 aliphatic rings. The molecule has 0 aliphatic carbocycles. The largest absolute Gasteiger partial charge is 1.00 e. The molecule has 0 fully saturated rings. The van der Waals surface area contributed by atoms with Crippen LogP contribution in [0.15, 0.2) is 0 Å². The van der Waals surface area contributed by atoms with E-state index in [1.54, 1.807) is 0 Å². The summed E-state index contributed by atoms with van der Waals surface area (Å²) in [6, 6.07) is 0. The zero-order valence-corrected chi connectivity index (χ0v) is 8.83. The van der Waals surface area contributed by atoms with Gasteiger partial charge < -0.3 is 16.1 Å². The van der Waals surface area contributed by atoms with Crippen molar-refractivity contribution >= 4 is 31.5 Å². The second-order valence-corrected chi connectivity index (χ2v) is 1.54. The van der Waals surface area contributed by atoms with Gasteiger partial charge in [-0.1, -0.05) is 0 Å². The summed E-state index contributed by atoms with van der Waals surface area (Å²) in [7, 11) is -4.64. The molecule has 0 aromatic carbocycles. The van der Waals surface area contributed by atoms with E-state index < -0.39 is 7.82 Å². The van der Waals surface area contributed by atoms with Gasteiger partial charge in [0.2, 0.25) is 0 Å². The van der Waals surface area contributed by atoms with Crippen LogP contribution >= 0.6 is 7.82 Å². The maximum atomic E-state index is 8.88. The van der Waals surface area contributed by atoms with Gasteiger partial charge in [0.15, 0.2) is 0 Å². The maximum Gasteiger partial charge on any atom is 1.00 e. The molecule has 2 radical (unpaired) electrons. The van der Waals surface area contributed by atoms with Gasteiger partial charge in [-0.25, -0.2) is 4.57 Å². The third kappa shape index (κ3) is 76.2. The predicted molar refractivity (Wildman–Crippen MR) is 21.1 cm³/mol. The molecule has 0 rings (SSSR count). The molecule has 7 heavy (non-hydrogen) atoms. The fourth-order valence-electron chi connectivity index (χ4n) is 0. The average molecular weight is 250 g/mol. The average Bonchev–Trinajstić information content (AvgIpc) is 0.722. The summed E-state index contributed by atoms with van der Waals surface area (Å²) in [5, 5.41) is 0. The Morgan fingerprint density at radius 3 is 1.29 bits per heavy atom. The van der Waals surface area contributed by atoms with Crippen molar-refractivity contribution in [2.45, 2.75) is 0 Å². The molecule has 0 spiro atoms. The van der Waals surface area contributed by atoms with Gasteiger partial charge in [-0.05, 0) is 0 Å². The van der Waals surface area contributed by atoms with Crippen molar-refractivity contribution in [3.63, 3.8) is 0 Å². The minimum absolute atomic E-state index is 0. The Morgan fingerprint density at radius 2 is 1.29 bits per heavy atom. The van der Waals surface area contributed by atoms with E-state index in [9.17, 15) is 0 Å². The summed E-state index contributed by atoms with van der Waals surface area (Å²) >= 11 is 0. The van der Waals surface area contributed by atoms with E-state index in [4.69, 9.17) is 19.2 Å². The predicted octanol–water partition coefficient (Wildman–Crippen LogP) is -4.19. The molecule has 0 amide bonds. The van der Waals surface area contributed by atoms with Gasteiger partial charge in [0.05, 0.1) is 0 Å². The second kappa shape index (κ2) is 6.03. The van der Waals surface area contributed by atoms with Crippen LogP contribution in [0.4, 0.5) is 0 Å². The third-order valence-corrected chi connectivity index (χ3v) is 0. The van der Waals surface area contributed by atoms with Gasteiger partial charge in [0, 0.05) is 23.7 Å². The Balaban J connectivity index is -0.0000000267. The van der Waals surface area contributed by atoms with E-state index in [1.165, 1.54) is 0 Å². The van der Waals surface area contributed by atoms with E-state index in [0.29, 0.717) is 0 Å². The normalized spacial score (nSPS) is 8.43. The number of hydrogen-bond acceptors (Lipinski definition) is 1. The van der Waals surface area contributed by atoms with Crippen LogP contribution in [0.5, 0.6) is 0 Å². The molecule has 0 atom stereocenters. The fraction of sp³-hybridized carbons (Fsp3) is 0. The van der Waals surface area contributed by atoms with E-state index in [1.807, 2.05) is 0 Å². The topological polar surface area (TPSA) is 77.8 Å². The standard InChI is InChI=1S/Na.H3O4P.Te.H/c;1-5(2,3)4;;/h;(H3,1,2,3,4);;/q+1;;;-1. The summed E-state index contributed by atoms with van der Waals surface area (Å²) < 4.78 is 8.88. The summed E-state index contributed by atoms with van der Waals surface area (Å²) in [6.45, 7) is 0. The summed E-state index contributed by atoms with van der Waals surface area (Å²) in [6.07, 6.45) is 0. The first-order chi connectivity index (χ1) is 2.00. The smallest absolute Gasteiger partial charge is 1.00 e. The molecule has 4 nitrogen and oxygen atoms in total. The summed E-state index contributed by atoms with van der Waals surface area (Å²) in [5.74, 6) is 0. The SMILES string of the molecule is O=P(O)(O)O.[H-].[Na+].[Te]. The van der Waals surface area contributed by atoms with Crippen molar-refractivity contribution in [2.24, 2.45) is 0 Å². The zero-order chi connectivity index (χ0) is 4.50. The van der Waals surface area contributed by atoms with E-state index in [0.717, 1.165) is 0 Å². The Labute approximate surface area is 81.1 Å². The molecular weight excluding hydrogens is 246 g/mol. The molecule has 0 aliphatic heterocycles. The first-order valence-corrected chi connectivity index (χ1v) is 2.35. The molecule has 0 bridgehead atoms. The van der Waals surface area contributed by atoms with Crippen molar-refractivity contribution in [3.05, 3.63) is 0 Å². The monoisotopic (exact) mass is 252 g/mol. The van der Waals surface area contributed by atoms with Crippen molar-refractivity contribution in [1.29, 1.82) is 0 Å². The molecule has 0 saturated heterocycles. The van der Waals surface area contributed by atoms with Gasteiger partial charge in [0.1, 0.15) is 0 Å². The Hall–Kier alpha value is 1.90. The van der Waals surface area contributed by atoms with Crippen LogP contribution in [0.2, 0.25) is 0 Å². The molecule has 0 saturated carbocycles. The van der Waals surface area contributed by atoms with E-state index in [2.05, 4.69) is 0 Å². The number of phosphoric acid groups is 1. The maximum absolute atomic E-state index is 8.88. The molecule has 40 valence electrons. The third-order valence-electron chi connectivity index (χ3n) is 0. The number of hydrogen-bond donors (Lipinski definition) is 3. The van der Waals surface area contributed by atoms with Crippen LogP contribution in [-0.2, 0) is 4.57 Å². The molecular formula is H4NaO4PTe. The van der Waals surface area contributed by atoms with Crippen LogP contribution in [-0.4, -0.2) is 38.3 Å². The van der Waals surface area contributed by atoms with Gasteiger partial charge in [-0.2, -0.15) is 0 Å². The van der Waals surface area contributed by atoms with Crippen LogP contribution in [0, 0.1) is 0 Å². The molecule has 0 aromatic rings. The van der Waals surface area contributed by atoms with Gasteiger partial charge in [-0.15, -0.1) is 0 Å². The van der Waals surface area contributed by atoms with Gasteiger partial charge >= 0.3 is 37.4 Å². The van der Waals surface area contributed by atoms with Crippen molar-refractivity contribution in [2.75, 3.05) is 0 Å². The Kier molecular flexibility index (Phi) is 13.7. The van der Waals surface area contributed by atoms with Crippen molar-refractivity contribution in [1.82, 2.24) is 0 Å². The van der Waals surface area contributed by atoms with Crippen LogP contribution in [0.1, 0.15) is 1.43 Å². The minimum atomic E-state index is -4.64. The molecule has 0 aromatic heterocycles. The minimum Gasteiger partial charge on any atom is -1.00 e. The molecule has 0 unspecified atom stereocenters. The first-order valence-electron chi connectivity index (χ1n) is 0.783. The van der Waals surface area contributed by atoms with Crippen LogP contribution < -0.4 is 29.6 Å².